The first kappa shape index (κ1) is 15.4. The number of ether oxygens (including phenoxy) is 2. The third kappa shape index (κ3) is 3.40. The first-order valence-electron chi connectivity index (χ1n) is 8.18. The van der Waals surface area contributed by atoms with Crippen LogP contribution in [-0.2, 0) is 4.79 Å². The molecule has 4 rings (SSSR count). The lowest BCUT2D eigenvalue weighted by molar-refractivity contribution is -0.126. The van der Waals surface area contributed by atoms with Crippen LogP contribution in [0, 0.1) is 0 Å². The van der Waals surface area contributed by atoms with E-state index < -0.39 is 0 Å². The fourth-order valence-electron chi connectivity index (χ4n) is 2.87. The van der Waals surface area contributed by atoms with Crippen LogP contribution in [0.1, 0.15) is 5.56 Å². The van der Waals surface area contributed by atoms with E-state index in [2.05, 4.69) is 14.9 Å². The van der Waals surface area contributed by atoms with Crippen molar-refractivity contribution < 1.29 is 14.3 Å². The number of carbonyl (C=O) groups is 1. The lowest BCUT2D eigenvalue weighted by Gasteiger charge is -2.34. The lowest BCUT2D eigenvalue weighted by Crippen LogP contribution is -2.48. The van der Waals surface area contributed by atoms with Gasteiger partial charge in [0.2, 0.25) is 18.6 Å². The molecular formula is C18H18N4O3. The van der Waals surface area contributed by atoms with Gasteiger partial charge in [-0.05, 0) is 29.8 Å². The van der Waals surface area contributed by atoms with Crippen LogP contribution in [0.2, 0.25) is 0 Å². The van der Waals surface area contributed by atoms with E-state index in [0.29, 0.717) is 24.8 Å². The van der Waals surface area contributed by atoms with Gasteiger partial charge in [-0.15, -0.1) is 0 Å². The molecule has 25 heavy (non-hydrogen) atoms. The molecule has 1 saturated heterocycles. The first-order valence-corrected chi connectivity index (χ1v) is 8.18. The molecule has 0 atom stereocenters. The standard InChI is InChI=1S/C18H18N4O3/c23-17(5-3-14-2-4-15-16(12-14)25-13-24-15)21-8-10-22(11-9-21)18-19-6-1-7-20-18/h1-7,12H,8-11,13H2/b5-3-. The second-order valence-electron chi connectivity index (χ2n) is 5.81. The Morgan fingerprint density at radius 2 is 1.80 bits per heavy atom. The van der Waals surface area contributed by atoms with Crippen molar-refractivity contribution in [2.24, 2.45) is 0 Å². The van der Waals surface area contributed by atoms with E-state index in [4.69, 9.17) is 9.47 Å². The van der Waals surface area contributed by atoms with Gasteiger partial charge in [-0.3, -0.25) is 4.79 Å². The highest BCUT2D eigenvalue weighted by molar-refractivity contribution is 5.92. The number of benzene rings is 1. The van der Waals surface area contributed by atoms with E-state index in [1.807, 2.05) is 23.1 Å². The summed E-state index contributed by atoms with van der Waals surface area (Å²) in [5, 5.41) is 0. The first-order chi connectivity index (χ1) is 12.3. The summed E-state index contributed by atoms with van der Waals surface area (Å²) in [6.07, 6.45) is 6.87. The van der Waals surface area contributed by atoms with E-state index in [9.17, 15) is 4.79 Å². The van der Waals surface area contributed by atoms with Crippen molar-refractivity contribution in [1.82, 2.24) is 14.9 Å². The van der Waals surface area contributed by atoms with Gasteiger partial charge in [0.25, 0.3) is 0 Å². The zero-order valence-electron chi connectivity index (χ0n) is 13.7. The Morgan fingerprint density at radius 1 is 1.04 bits per heavy atom. The molecule has 0 bridgehead atoms. The van der Waals surface area contributed by atoms with E-state index in [1.54, 1.807) is 30.6 Å². The Morgan fingerprint density at radius 3 is 2.60 bits per heavy atom. The van der Waals surface area contributed by atoms with Crippen molar-refractivity contribution in [3.63, 3.8) is 0 Å². The summed E-state index contributed by atoms with van der Waals surface area (Å²) in [5.74, 6) is 2.17. The molecule has 3 heterocycles. The number of aromatic nitrogens is 2. The molecule has 0 saturated carbocycles. The maximum atomic E-state index is 12.4. The fraction of sp³-hybridized carbons (Fsp3) is 0.278. The number of amides is 1. The van der Waals surface area contributed by atoms with Crippen molar-refractivity contribution in [2.45, 2.75) is 0 Å². The maximum Gasteiger partial charge on any atom is 0.246 e. The van der Waals surface area contributed by atoms with Gasteiger partial charge >= 0.3 is 0 Å². The third-order valence-electron chi connectivity index (χ3n) is 4.24. The van der Waals surface area contributed by atoms with Crippen LogP contribution in [0.3, 0.4) is 0 Å². The maximum absolute atomic E-state index is 12.4. The highest BCUT2D eigenvalue weighted by atomic mass is 16.7. The van der Waals surface area contributed by atoms with Crippen LogP contribution in [0.25, 0.3) is 6.08 Å². The van der Waals surface area contributed by atoms with Crippen LogP contribution in [0.15, 0.2) is 42.7 Å². The lowest BCUT2D eigenvalue weighted by atomic mass is 10.2. The fourth-order valence-corrected chi connectivity index (χ4v) is 2.87. The number of piperazine rings is 1. The van der Waals surface area contributed by atoms with Gasteiger partial charge in [-0.1, -0.05) is 6.07 Å². The summed E-state index contributed by atoms with van der Waals surface area (Å²) in [5.41, 5.74) is 0.911. The molecule has 1 fully saturated rings. The second kappa shape index (κ2) is 6.80. The van der Waals surface area contributed by atoms with Gasteiger partial charge in [-0.2, -0.15) is 0 Å². The Hall–Kier alpha value is -3.09. The van der Waals surface area contributed by atoms with Gasteiger partial charge in [0.1, 0.15) is 0 Å². The van der Waals surface area contributed by atoms with E-state index in [0.717, 1.165) is 24.4 Å². The highest BCUT2D eigenvalue weighted by Gasteiger charge is 2.21. The van der Waals surface area contributed by atoms with Crippen LogP contribution in [-0.4, -0.2) is 53.7 Å². The molecule has 1 amide bonds. The van der Waals surface area contributed by atoms with Crippen molar-refractivity contribution >= 4 is 17.9 Å². The Bertz CT molecular complexity index is 786. The predicted octanol–water partition coefficient (Wildman–Crippen LogP) is 1.57. The summed E-state index contributed by atoms with van der Waals surface area (Å²) in [4.78, 5) is 24.8. The Kier molecular flexibility index (Phi) is 4.20. The van der Waals surface area contributed by atoms with Gasteiger partial charge in [0, 0.05) is 44.6 Å². The molecule has 0 radical (unpaired) electrons. The summed E-state index contributed by atoms with van der Waals surface area (Å²) in [6, 6.07) is 7.42. The van der Waals surface area contributed by atoms with Crippen molar-refractivity contribution in [1.29, 1.82) is 0 Å². The second-order valence-corrected chi connectivity index (χ2v) is 5.81. The summed E-state index contributed by atoms with van der Waals surface area (Å²) in [7, 11) is 0. The SMILES string of the molecule is O=C(/C=C\c1ccc2c(c1)OCO2)N1CCN(c2ncccn2)CC1. The Labute approximate surface area is 145 Å². The molecule has 0 unspecified atom stereocenters. The molecule has 1 aromatic carbocycles. The molecule has 0 aliphatic carbocycles. The number of nitrogens with zero attached hydrogens (tertiary/aromatic N) is 4. The summed E-state index contributed by atoms with van der Waals surface area (Å²) < 4.78 is 10.6. The smallest absolute Gasteiger partial charge is 0.246 e. The number of hydrogen-bond acceptors (Lipinski definition) is 6. The van der Waals surface area contributed by atoms with Crippen molar-refractivity contribution in [3.8, 4) is 11.5 Å². The van der Waals surface area contributed by atoms with E-state index in [1.165, 1.54) is 0 Å². The number of fused-ring (bicyclic) bond motifs is 1. The summed E-state index contributed by atoms with van der Waals surface area (Å²) >= 11 is 0. The number of carbonyl (C=O) groups excluding carboxylic acids is 1. The molecule has 2 aliphatic rings. The minimum Gasteiger partial charge on any atom is -0.454 e. The molecule has 7 nitrogen and oxygen atoms in total. The quantitative estimate of drug-likeness (QED) is 0.792. The van der Waals surface area contributed by atoms with Crippen LogP contribution in [0.5, 0.6) is 11.5 Å². The molecule has 2 aliphatic heterocycles. The van der Waals surface area contributed by atoms with Gasteiger partial charge in [-0.25, -0.2) is 9.97 Å². The van der Waals surface area contributed by atoms with Crippen LogP contribution >= 0.6 is 0 Å². The third-order valence-corrected chi connectivity index (χ3v) is 4.24. The molecular weight excluding hydrogens is 320 g/mol. The normalized spacial score (nSPS) is 16.5. The minimum absolute atomic E-state index is 0.00583. The van der Waals surface area contributed by atoms with E-state index in [-0.39, 0.29) is 12.7 Å². The highest BCUT2D eigenvalue weighted by Crippen LogP contribution is 2.32. The number of anilines is 1. The monoisotopic (exact) mass is 338 g/mol. The summed E-state index contributed by atoms with van der Waals surface area (Å²) in [6.45, 7) is 3.02. The molecule has 2 aromatic rings. The topological polar surface area (TPSA) is 67.8 Å². The predicted molar refractivity (Wildman–Crippen MR) is 92.4 cm³/mol. The molecule has 0 N–H and O–H groups in total. The van der Waals surface area contributed by atoms with Crippen LogP contribution < -0.4 is 14.4 Å². The molecule has 128 valence electrons. The van der Waals surface area contributed by atoms with Crippen molar-refractivity contribution in [2.75, 3.05) is 37.9 Å². The van der Waals surface area contributed by atoms with Gasteiger partial charge in [0.15, 0.2) is 11.5 Å². The zero-order valence-corrected chi connectivity index (χ0v) is 13.7. The van der Waals surface area contributed by atoms with Crippen molar-refractivity contribution in [3.05, 3.63) is 48.3 Å². The average Bonchev–Trinajstić information content (AvgIpc) is 3.15. The average molecular weight is 338 g/mol. The molecule has 1 aromatic heterocycles. The molecule has 0 spiro atoms. The molecule has 7 heteroatoms. The Balaban J connectivity index is 1.34. The number of hydrogen-bond donors (Lipinski definition) is 0. The van der Waals surface area contributed by atoms with Gasteiger partial charge in [0.05, 0.1) is 0 Å². The van der Waals surface area contributed by atoms with E-state index >= 15 is 0 Å². The number of rotatable bonds is 3. The van der Waals surface area contributed by atoms with Gasteiger partial charge < -0.3 is 19.3 Å². The van der Waals surface area contributed by atoms with Crippen LogP contribution in [0.4, 0.5) is 5.95 Å². The minimum atomic E-state index is 0.00583. The largest absolute Gasteiger partial charge is 0.454 e. The zero-order chi connectivity index (χ0) is 17.1.